The van der Waals surface area contributed by atoms with Gasteiger partial charge >= 0.3 is 0 Å². The number of unbranched alkanes of at least 4 members (excludes halogenated alkanes) is 1. The summed E-state index contributed by atoms with van der Waals surface area (Å²) in [4.78, 5) is 31.8. The molecule has 1 N–H and O–H groups in total. The van der Waals surface area contributed by atoms with Crippen LogP contribution < -0.4 is 10.2 Å². The van der Waals surface area contributed by atoms with Crippen LogP contribution in [-0.2, 0) is 9.59 Å². The maximum atomic E-state index is 13.4. The van der Waals surface area contributed by atoms with Gasteiger partial charge in [-0.3, -0.25) is 19.1 Å². The van der Waals surface area contributed by atoms with E-state index in [1.54, 1.807) is 9.47 Å². The van der Waals surface area contributed by atoms with Crippen LogP contribution in [0.4, 0.5) is 20.4 Å². The van der Waals surface area contributed by atoms with E-state index in [-0.39, 0.29) is 18.0 Å². The first kappa shape index (κ1) is 19.0. The molecule has 0 fully saturated rings. The molecule has 8 heteroatoms. The zero-order valence-electron chi connectivity index (χ0n) is 15.9. The van der Waals surface area contributed by atoms with Crippen molar-refractivity contribution < 1.29 is 18.4 Å². The number of nitrogens with one attached hydrogen (secondary N) is 1. The smallest absolute Gasteiger partial charge is 0.253 e. The van der Waals surface area contributed by atoms with E-state index in [9.17, 15) is 18.4 Å². The number of carbonyl (C=O) groups is 2. The highest BCUT2D eigenvalue weighted by molar-refractivity contribution is 6.05. The molecule has 0 radical (unpaired) electrons. The summed E-state index contributed by atoms with van der Waals surface area (Å²) in [6.07, 6.45) is 1.61. The number of carbonyl (C=O) groups excluding carboxylic acids is 2. The van der Waals surface area contributed by atoms with Crippen LogP contribution in [-0.4, -0.2) is 27.9 Å². The average Bonchev–Trinajstić information content (AvgIpc) is 3.18. The molecular weight excluding hydrogens is 378 g/mol. The Kier molecular flexibility index (Phi) is 5.00. The van der Waals surface area contributed by atoms with Crippen LogP contribution in [0.3, 0.4) is 0 Å². The largest absolute Gasteiger partial charge is 0.326 e. The summed E-state index contributed by atoms with van der Waals surface area (Å²) < 4.78 is 28.3. The predicted octanol–water partition coefficient (Wildman–Crippen LogP) is 4.03. The van der Waals surface area contributed by atoms with Gasteiger partial charge in [0.2, 0.25) is 11.9 Å². The molecule has 0 saturated carbocycles. The molecule has 0 unspecified atom stereocenters. The van der Waals surface area contributed by atoms with Crippen molar-refractivity contribution in [3.05, 3.63) is 54.1 Å². The number of benzene rings is 2. The zero-order chi connectivity index (χ0) is 20.5. The molecule has 2 heterocycles. The van der Waals surface area contributed by atoms with Gasteiger partial charge in [-0.2, -0.15) is 0 Å². The minimum Gasteiger partial charge on any atom is -0.326 e. The fourth-order valence-electron chi connectivity index (χ4n) is 3.58. The predicted molar refractivity (Wildman–Crippen MR) is 106 cm³/mol. The van der Waals surface area contributed by atoms with Gasteiger partial charge in [0.25, 0.3) is 5.91 Å². The van der Waals surface area contributed by atoms with E-state index in [1.807, 2.05) is 31.2 Å². The highest BCUT2D eigenvalue weighted by atomic mass is 19.2. The molecule has 1 aliphatic heterocycles. The third-order valence-electron chi connectivity index (χ3n) is 5.00. The minimum atomic E-state index is -1.05. The maximum Gasteiger partial charge on any atom is 0.253 e. The number of hydrogen-bond donors (Lipinski definition) is 1. The molecule has 0 saturated heterocycles. The van der Waals surface area contributed by atoms with E-state index in [2.05, 4.69) is 10.3 Å². The summed E-state index contributed by atoms with van der Waals surface area (Å²) in [7, 11) is 0. The highest BCUT2D eigenvalue weighted by Crippen LogP contribution is 2.36. The highest BCUT2D eigenvalue weighted by Gasteiger charge is 2.40. The van der Waals surface area contributed by atoms with Crippen molar-refractivity contribution in [3.8, 4) is 0 Å². The summed E-state index contributed by atoms with van der Waals surface area (Å²) in [5.74, 6) is -2.15. The van der Waals surface area contributed by atoms with E-state index in [0.29, 0.717) is 12.5 Å². The lowest BCUT2D eigenvalue weighted by molar-refractivity contribution is -0.124. The first-order chi connectivity index (χ1) is 14.0. The van der Waals surface area contributed by atoms with Crippen LogP contribution in [0.1, 0.15) is 32.2 Å². The van der Waals surface area contributed by atoms with Crippen molar-refractivity contribution in [3.63, 3.8) is 0 Å². The number of aromatic nitrogens is 2. The Labute approximate surface area is 166 Å². The Morgan fingerprint density at radius 3 is 2.72 bits per heavy atom. The summed E-state index contributed by atoms with van der Waals surface area (Å²) in [5, 5.41) is 2.54. The second-order valence-corrected chi connectivity index (χ2v) is 7.01. The van der Waals surface area contributed by atoms with Crippen LogP contribution in [0.5, 0.6) is 0 Å². The molecule has 2 amide bonds. The zero-order valence-corrected chi connectivity index (χ0v) is 15.9. The fraction of sp³-hybridized carbons (Fsp3) is 0.286. The summed E-state index contributed by atoms with van der Waals surface area (Å²) in [6.45, 7) is 2.57. The average molecular weight is 398 g/mol. The van der Waals surface area contributed by atoms with Crippen LogP contribution in [0.15, 0.2) is 42.5 Å². The van der Waals surface area contributed by atoms with Crippen LogP contribution in [0.25, 0.3) is 11.0 Å². The van der Waals surface area contributed by atoms with Gasteiger partial charge in [0.1, 0.15) is 6.04 Å². The molecule has 3 aromatic rings. The molecule has 150 valence electrons. The van der Waals surface area contributed by atoms with Crippen LogP contribution in [0.2, 0.25) is 0 Å². The Balaban J connectivity index is 1.62. The Morgan fingerprint density at radius 2 is 1.97 bits per heavy atom. The molecule has 0 aliphatic carbocycles. The topological polar surface area (TPSA) is 67.2 Å². The first-order valence-corrected chi connectivity index (χ1v) is 9.53. The van der Waals surface area contributed by atoms with Crippen molar-refractivity contribution in [1.82, 2.24) is 9.55 Å². The third kappa shape index (κ3) is 3.46. The van der Waals surface area contributed by atoms with Crippen molar-refractivity contribution in [2.75, 3.05) is 16.8 Å². The van der Waals surface area contributed by atoms with Crippen LogP contribution in [0, 0.1) is 11.6 Å². The van der Waals surface area contributed by atoms with Gasteiger partial charge in [-0.15, -0.1) is 0 Å². The lowest BCUT2D eigenvalue weighted by Gasteiger charge is -2.15. The number of rotatable bonds is 6. The number of para-hydroxylation sites is 2. The Hall–Kier alpha value is -3.29. The van der Waals surface area contributed by atoms with Gasteiger partial charge in [0.15, 0.2) is 11.6 Å². The lowest BCUT2D eigenvalue weighted by atomic mass is 10.1. The number of imidazole rings is 1. The lowest BCUT2D eigenvalue weighted by Crippen LogP contribution is -2.32. The Morgan fingerprint density at radius 1 is 1.17 bits per heavy atom. The van der Waals surface area contributed by atoms with Gasteiger partial charge in [-0.1, -0.05) is 25.5 Å². The van der Waals surface area contributed by atoms with Crippen molar-refractivity contribution >= 4 is 34.5 Å². The molecule has 6 nitrogen and oxygen atoms in total. The van der Waals surface area contributed by atoms with Gasteiger partial charge < -0.3 is 5.32 Å². The number of nitrogens with zero attached hydrogens (tertiary/aromatic N) is 3. The van der Waals surface area contributed by atoms with E-state index >= 15 is 0 Å². The number of hydrogen-bond acceptors (Lipinski definition) is 3. The molecule has 29 heavy (non-hydrogen) atoms. The molecule has 2 aromatic carbocycles. The first-order valence-electron chi connectivity index (χ1n) is 9.53. The SMILES string of the molecule is CCCCN1C(=O)[C@@H](CC(=O)Nc2ccc(F)c(F)c2)n2c1nc1ccccc12. The van der Waals surface area contributed by atoms with E-state index in [1.165, 1.54) is 6.07 Å². The summed E-state index contributed by atoms with van der Waals surface area (Å²) in [6, 6.07) is 9.85. The molecule has 4 rings (SSSR count). The molecular formula is C21H20F2N4O2. The normalized spacial score (nSPS) is 15.8. The molecule has 0 bridgehead atoms. The molecule has 0 spiro atoms. The van der Waals surface area contributed by atoms with Crippen molar-refractivity contribution in [1.29, 1.82) is 0 Å². The van der Waals surface area contributed by atoms with Gasteiger partial charge in [-0.25, -0.2) is 13.8 Å². The minimum absolute atomic E-state index is 0.131. The van der Waals surface area contributed by atoms with Crippen molar-refractivity contribution in [2.24, 2.45) is 0 Å². The number of halogens is 2. The van der Waals surface area contributed by atoms with Crippen LogP contribution >= 0.6 is 0 Å². The Bertz CT molecular complexity index is 1100. The van der Waals surface area contributed by atoms with E-state index in [0.717, 1.165) is 36.0 Å². The fourth-order valence-corrected chi connectivity index (χ4v) is 3.58. The van der Waals surface area contributed by atoms with Gasteiger partial charge in [-0.05, 0) is 30.7 Å². The van der Waals surface area contributed by atoms with Gasteiger partial charge in [0, 0.05) is 18.3 Å². The number of fused-ring (bicyclic) bond motifs is 3. The van der Waals surface area contributed by atoms with Crippen molar-refractivity contribution in [2.45, 2.75) is 32.2 Å². The summed E-state index contributed by atoms with van der Waals surface area (Å²) in [5.41, 5.74) is 1.67. The second-order valence-electron chi connectivity index (χ2n) is 7.01. The van der Waals surface area contributed by atoms with Gasteiger partial charge in [0.05, 0.1) is 17.5 Å². The number of anilines is 2. The molecule has 1 aromatic heterocycles. The standard InChI is InChI=1S/C21H20F2N4O2/c1-2-3-10-26-20(29)18(27-17-7-5-4-6-16(17)25-21(26)27)12-19(28)24-13-8-9-14(22)15(23)11-13/h4-9,11,18H,2-3,10,12H2,1H3,(H,24,28)/t18-/m1/s1. The van der Waals surface area contributed by atoms with E-state index in [4.69, 9.17) is 0 Å². The number of amides is 2. The quantitative estimate of drug-likeness (QED) is 0.682. The second kappa shape index (κ2) is 7.62. The monoisotopic (exact) mass is 398 g/mol. The van der Waals surface area contributed by atoms with E-state index < -0.39 is 23.6 Å². The third-order valence-corrected chi connectivity index (χ3v) is 5.00. The molecule has 1 aliphatic rings. The molecule has 1 atom stereocenters. The maximum absolute atomic E-state index is 13.4. The summed E-state index contributed by atoms with van der Waals surface area (Å²) >= 11 is 0.